The predicted octanol–water partition coefficient (Wildman–Crippen LogP) is 5.78. The minimum absolute atomic E-state index is 0.275. The molecular formula is C20H19F2IN2Si. The molecule has 2 aromatic carbocycles. The average molecular weight is 480 g/mol. The lowest BCUT2D eigenvalue weighted by molar-refractivity contribution is 0.495. The van der Waals surface area contributed by atoms with Gasteiger partial charge >= 0.3 is 0 Å². The fraction of sp³-hybridized carbons (Fsp3) is 0.250. The smallest absolute Gasteiger partial charge is 0.129 e. The Hall–Kier alpha value is -1.72. The quantitative estimate of drug-likeness (QED) is 0.264. The summed E-state index contributed by atoms with van der Waals surface area (Å²) in [6.07, 6.45) is 2.26. The standard InChI is InChI=1S/C20H19F2IN2Si/c1-26(2,3)10-4-5-20(17-11-15(21)7-9-18(17)22)25-13-14-6-8-16(23)12-19(14)24-25/h6-9,11-13,20H,5H2,1-3H3. The van der Waals surface area contributed by atoms with E-state index in [9.17, 15) is 8.78 Å². The maximum atomic E-state index is 14.4. The Morgan fingerprint density at radius 2 is 1.92 bits per heavy atom. The van der Waals surface area contributed by atoms with Crippen LogP contribution in [0.4, 0.5) is 8.78 Å². The third-order valence-corrected chi connectivity index (χ3v) is 5.48. The summed E-state index contributed by atoms with van der Waals surface area (Å²) in [6, 6.07) is 9.01. The van der Waals surface area contributed by atoms with Crippen molar-refractivity contribution < 1.29 is 8.78 Å². The molecule has 3 rings (SSSR count). The Morgan fingerprint density at radius 3 is 2.65 bits per heavy atom. The van der Waals surface area contributed by atoms with Crippen LogP contribution in [0, 0.1) is 26.7 Å². The largest absolute Gasteiger partial charge is 0.263 e. The van der Waals surface area contributed by atoms with Gasteiger partial charge < -0.3 is 0 Å². The molecule has 26 heavy (non-hydrogen) atoms. The van der Waals surface area contributed by atoms with E-state index in [1.54, 1.807) is 4.68 Å². The third kappa shape index (κ3) is 4.51. The van der Waals surface area contributed by atoms with Crippen LogP contribution < -0.4 is 0 Å². The van der Waals surface area contributed by atoms with Crippen LogP contribution in [0.5, 0.6) is 0 Å². The second kappa shape index (κ2) is 7.49. The molecular weight excluding hydrogens is 461 g/mol. The van der Waals surface area contributed by atoms with Crippen LogP contribution in [0.25, 0.3) is 10.9 Å². The Bertz CT molecular complexity index is 1010. The van der Waals surface area contributed by atoms with Crippen LogP contribution in [0.3, 0.4) is 0 Å². The SMILES string of the molecule is C[Si](C)(C)C#CCC(c1cc(F)ccc1F)n1cc2ccc(I)cc2n1. The lowest BCUT2D eigenvalue weighted by Gasteiger charge is -2.17. The summed E-state index contributed by atoms with van der Waals surface area (Å²) in [5.41, 5.74) is 4.40. The molecule has 0 amide bonds. The lowest BCUT2D eigenvalue weighted by Crippen LogP contribution is -2.17. The number of benzene rings is 2. The Balaban J connectivity index is 2.08. The van der Waals surface area contributed by atoms with Gasteiger partial charge in [0.2, 0.25) is 0 Å². The van der Waals surface area contributed by atoms with Crippen molar-refractivity contribution in [1.29, 1.82) is 0 Å². The highest BCUT2D eigenvalue weighted by molar-refractivity contribution is 14.1. The van der Waals surface area contributed by atoms with E-state index >= 15 is 0 Å². The number of rotatable bonds is 3. The van der Waals surface area contributed by atoms with Gasteiger partial charge in [-0.3, -0.25) is 4.68 Å². The van der Waals surface area contributed by atoms with Gasteiger partial charge in [0.15, 0.2) is 0 Å². The summed E-state index contributed by atoms with van der Waals surface area (Å²) in [4.78, 5) is 0. The van der Waals surface area contributed by atoms with E-state index in [0.717, 1.165) is 26.6 Å². The van der Waals surface area contributed by atoms with Gasteiger partial charge in [-0.05, 0) is 52.9 Å². The zero-order chi connectivity index (χ0) is 18.9. The van der Waals surface area contributed by atoms with Crippen LogP contribution in [-0.2, 0) is 0 Å². The van der Waals surface area contributed by atoms with Gasteiger partial charge in [-0.15, -0.1) is 11.5 Å². The maximum absolute atomic E-state index is 14.4. The fourth-order valence-corrected chi connectivity index (χ4v) is 3.80. The van der Waals surface area contributed by atoms with Crippen molar-refractivity contribution >= 4 is 41.6 Å². The first kappa shape index (κ1) is 19.0. The molecule has 0 aliphatic heterocycles. The fourth-order valence-electron chi connectivity index (χ4n) is 2.70. The summed E-state index contributed by atoms with van der Waals surface area (Å²) < 4.78 is 31.0. The highest BCUT2D eigenvalue weighted by Gasteiger charge is 2.20. The van der Waals surface area contributed by atoms with Crippen LogP contribution in [0.15, 0.2) is 42.6 Å². The Morgan fingerprint density at radius 1 is 1.15 bits per heavy atom. The molecule has 1 atom stereocenters. The van der Waals surface area contributed by atoms with Gasteiger partial charge in [-0.2, -0.15) is 5.10 Å². The summed E-state index contributed by atoms with van der Waals surface area (Å²) in [7, 11) is -1.55. The van der Waals surface area contributed by atoms with Crippen LogP contribution in [0.2, 0.25) is 19.6 Å². The summed E-state index contributed by atoms with van der Waals surface area (Å²) >= 11 is 2.23. The van der Waals surface area contributed by atoms with Gasteiger partial charge in [0.05, 0.1) is 11.6 Å². The van der Waals surface area contributed by atoms with E-state index in [-0.39, 0.29) is 5.56 Å². The van der Waals surface area contributed by atoms with Crippen molar-refractivity contribution in [3.63, 3.8) is 0 Å². The first-order valence-corrected chi connectivity index (χ1v) is 12.9. The Labute approximate surface area is 166 Å². The van der Waals surface area contributed by atoms with Crippen LogP contribution in [0.1, 0.15) is 18.0 Å². The van der Waals surface area contributed by atoms with Crippen molar-refractivity contribution in [2.75, 3.05) is 0 Å². The van der Waals surface area contributed by atoms with Crippen molar-refractivity contribution in [2.45, 2.75) is 32.1 Å². The van der Waals surface area contributed by atoms with Gasteiger partial charge in [-0.25, -0.2) is 8.78 Å². The molecule has 2 nitrogen and oxygen atoms in total. The van der Waals surface area contributed by atoms with E-state index in [2.05, 4.69) is 58.8 Å². The van der Waals surface area contributed by atoms with E-state index in [1.807, 2.05) is 24.4 Å². The van der Waals surface area contributed by atoms with Gasteiger partial charge in [0, 0.05) is 27.1 Å². The second-order valence-corrected chi connectivity index (χ2v) is 13.2. The first-order chi connectivity index (χ1) is 12.2. The molecule has 1 unspecified atom stereocenters. The molecule has 3 aromatic rings. The molecule has 1 heterocycles. The molecule has 0 aliphatic carbocycles. The minimum Gasteiger partial charge on any atom is -0.263 e. The number of aromatic nitrogens is 2. The molecule has 0 N–H and O–H groups in total. The summed E-state index contributed by atoms with van der Waals surface area (Å²) in [6.45, 7) is 6.46. The lowest BCUT2D eigenvalue weighted by atomic mass is 10.0. The van der Waals surface area contributed by atoms with E-state index in [0.29, 0.717) is 6.42 Å². The molecule has 0 aliphatic rings. The van der Waals surface area contributed by atoms with E-state index in [1.165, 1.54) is 6.07 Å². The van der Waals surface area contributed by atoms with Crippen molar-refractivity contribution in [1.82, 2.24) is 9.78 Å². The number of halogens is 3. The molecule has 0 spiro atoms. The molecule has 0 saturated heterocycles. The van der Waals surface area contributed by atoms with E-state index in [4.69, 9.17) is 0 Å². The molecule has 0 radical (unpaired) electrons. The molecule has 6 heteroatoms. The molecule has 0 saturated carbocycles. The van der Waals surface area contributed by atoms with Crippen LogP contribution >= 0.6 is 22.6 Å². The van der Waals surface area contributed by atoms with Crippen molar-refractivity contribution in [2.24, 2.45) is 0 Å². The number of fused-ring (bicyclic) bond motifs is 1. The topological polar surface area (TPSA) is 17.8 Å². The number of hydrogen-bond donors (Lipinski definition) is 0. The highest BCUT2D eigenvalue weighted by atomic mass is 127. The summed E-state index contributed by atoms with van der Waals surface area (Å²) in [5, 5.41) is 5.57. The minimum atomic E-state index is -1.55. The molecule has 0 bridgehead atoms. The number of nitrogens with zero attached hydrogens (tertiary/aromatic N) is 2. The molecule has 134 valence electrons. The van der Waals surface area contributed by atoms with Crippen molar-refractivity contribution in [3.8, 4) is 11.5 Å². The molecule has 1 aromatic heterocycles. The Kier molecular flexibility index (Phi) is 5.49. The van der Waals surface area contributed by atoms with Gasteiger partial charge in [0.1, 0.15) is 19.7 Å². The molecule has 0 fully saturated rings. The average Bonchev–Trinajstić information content (AvgIpc) is 2.96. The third-order valence-electron chi connectivity index (χ3n) is 3.88. The zero-order valence-electron chi connectivity index (χ0n) is 14.9. The van der Waals surface area contributed by atoms with Crippen molar-refractivity contribution in [3.05, 3.63) is 63.4 Å². The zero-order valence-corrected chi connectivity index (χ0v) is 18.0. The second-order valence-electron chi connectivity index (χ2n) is 7.25. The van der Waals surface area contributed by atoms with Gasteiger partial charge in [0.25, 0.3) is 0 Å². The number of hydrogen-bond acceptors (Lipinski definition) is 1. The first-order valence-electron chi connectivity index (χ1n) is 8.32. The van der Waals surface area contributed by atoms with Gasteiger partial charge in [-0.1, -0.05) is 25.7 Å². The predicted molar refractivity (Wildman–Crippen MR) is 113 cm³/mol. The monoisotopic (exact) mass is 480 g/mol. The van der Waals surface area contributed by atoms with Crippen LogP contribution in [-0.4, -0.2) is 17.9 Å². The maximum Gasteiger partial charge on any atom is 0.129 e. The normalized spacial score (nSPS) is 12.7. The summed E-state index contributed by atoms with van der Waals surface area (Å²) in [5.74, 6) is 2.28. The van der Waals surface area contributed by atoms with E-state index < -0.39 is 25.8 Å². The highest BCUT2D eigenvalue weighted by Crippen LogP contribution is 2.27.